The molecule has 0 unspecified atom stereocenters. The zero-order valence-electron chi connectivity index (χ0n) is 18.6. The van der Waals surface area contributed by atoms with Crippen LogP contribution in [0.2, 0.25) is 0 Å². The Labute approximate surface area is 198 Å². The van der Waals surface area contributed by atoms with Gasteiger partial charge in [0.05, 0.1) is 17.6 Å². The van der Waals surface area contributed by atoms with Crippen molar-refractivity contribution in [2.75, 3.05) is 19.6 Å². The second kappa shape index (κ2) is 10.1. The van der Waals surface area contributed by atoms with Gasteiger partial charge in [-0.1, -0.05) is 30.3 Å². The van der Waals surface area contributed by atoms with Gasteiger partial charge in [0.15, 0.2) is 0 Å². The maximum atomic E-state index is 12.1. The van der Waals surface area contributed by atoms with Gasteiger partial charge in [0.1, 0.15) is 0 Å². The van der Waals surface area contributed by atoms with Gasteiger partial charge in [-0.2, -0.15) is 0 Å². The van der Waals surface area contributed by atoms with E-state index in [9.17, 15) is 4.79 Å². The van der Waals surface area contributed by atoms with Crippen LogP contribution in [0.4, 0.5) is 0 Å². The van der Waals surface area contributed by atoms with E-state index >= 15 is 0 Å². The summed E-state index contributed by atoms with van der Waals surface area (Å²) in [5.41, 5.74) is 6.53. The minimum absolute atomic E-state index is 0.105. The third kappa shape index (κ3) is 5.24. The van der Waals surface area contributed by atoms with Crippen molar-refractivity contribution in [1.29, 1.82) is 0 Å². The number of nitrogens with one attached hydrogen (secondary N) is 1. The predicted molar refractivity (Wildman–Crippen MR) is 136 cm³/mol. The molecule has 0 atom stereocenters. The van der Waals surface area contributed by atoms with E-state index in [4.69, 9.17) is 0 Å². The number of rotatable bonds is 8. The third-order valence-corrected chi connectivity index (χ3v) is 6.99. The molecule has 0 radical (unpaired) electrons. The van der Waals surface area contributed by atoms with Crippen molar-refractivity contribution >= 4 is 34.2 Å². The van der Waals surface area contributed by atoms with Crippen molar-refractivity contribution in [3.63, 3.8) is 0 Å². The molecule has 5 rings (SSSR count). The second-order valence-corrected chi connectivity index (χ2v) is 9.42. The predicted octanol–water partition coefficient (Wildman–Crippen LogP) is 5.05. The molecular formula is C27H28N4OS. The minimum Gasteiger partial charge on any atom is -0.348 e. The standard InChI is InChI=1S/C27H28N4OS/c32-27(29-18-24-17-28-20-33-24)12-9-21-7-10-23(11-8-21)31-19-22(13-16-30-14-3-4-15-30)25-5-1-2-6-26(25)31/h1-2,5-12,17,19-20H,3-4,13-16,18H2,(H,29,32)/b12-9+. The smallest absolute Gasteiger partial charge is 0.244 e. The van der Waals surface area contributed by atoms with E-state index in [-0.39, 0.29) is 5.91 Å². The zero-order chi connectivity index (χ0) is 22.5. The molecule has 0 bridgehead atoms. The van der Waals surface area contributed by atoms with Crippen LogP contribution in [0.15, 0.2) is 72.5 Å². The minimum atomic E-state index is -0.105. The van der Waals surface area contributed by atoms with Gasteiger partial charge in [0.2, 0.25) is 5.91 Å². The van der Waals surface area contributed by atoms with E-state index in [2.05, 4.69) is 74.5 Å². The fraction of sp³-hybridized carbons (Fsp3) is 0.259. The first-order chi connectivity index (χ1) is 16.3. The molecule has 6 heteroatoms. The largest absolute Gasteiger partial charge is 0.348 e. The molecule has 1 fully saturated rings. The Balaban J connectivity index is 1.28. The average molecular weight is 457 g/mol. The normalized spacial score (nSPS) is 14.4. The van der Waals surface area contributed by atoms with Crippen LogP contribution in [0.1, 0.15) is 28.8 Å². The van der Waals surface area contributed by atoms with Crippen molar-refractivity contribution in [3.8, 4) is 5.69 Å². The number of fused-ring (bicyclic) bond motifs is 1. The number of amides is 1. The highest BCUT2D eigenvalue weighted by atomic mass is 32.1. The molecule has 5 nitrogen and oxygen atoms in total. The number of para-hydroxylation sites is 1. The number of aromatic nitrogens is 2. The zero-order valence-corrected chi connectivity index (χ0v) is 19.4. The van der Waals surface area contributed by atoms with Gasteiger partial charge in [0.25, 0.3) is 0 Å². The molecular weight excluding hydrogens is 428 g/mol. The van der Waals surface area contributed by atoms with Crippen molar-refractivity contribution < 1.29 is 4.79 Å². The quantitative estimate of drug-likeness (QED) is 0.377. The molecule has 168 valence electrons. The number of hydrogen-bond donors (Lipinski definition) is 1. The molecule has 1 saturated heterocycles. The van der Waals surface area contributed by atoms with Crippen molar-refractivity contribution in [3.05, 3.63) is 88.5 Å². The molecule has 1 amide bonds. The number of benzene rings is 2. The topological polar surface area (TPSA) is 50.2 Å². The number of nitrogens with zero attached hydrogens (tertiary/aromatic N) is 3. The summed E-state index contributed by atoms with van der Waals surface area (Å²) in [6, 6.07) is 17.0. The average Bonchev–Trinajstić information content (AvgIpc) is 3.62. The monoisotopic (exact) mass is 456 g/mol. The Morgan fingerprint density at radius 3 is 2.70 bits per heavy atom. The Morgan fingerprint density at radius 1 is 1.09 bits per heavy atom. The first-order valence-electron chi connectivity index (χ1n) is 11.5. The summed E-state index contributed by atoms with van der Waals surface area (Å²) in [5.74, 6) is -0.105. The van der Waals surface area contributed by atoms with Crippen LogP contribution in [0.25, 0.3) is 22.7 Å². The van der Waals surface area contributed by atoms with Crippen LogP contribution in [-0.2, 0) is 17.8 Å². The number of thiazole rings is 1. The molecule has 2 aromatic carbocycles. The van der Waals surface area contributed by atoms with Crippen molar-refractivity contribution in [1.82, 2.24) is 19.8 Å². The van der Waals surface area contributed by atoms with Crippen molar-refractivity contribution in [2.45, 2.75) is 25.8 Å². The Bertz CT molecular complexity index is 1240. The van der Waals surface area contributed by atoms with Crippen molar-refractivity contribution in [2.24, 2.45) is 0 Å². The summed E-state index contributed by atoms with van der Waals surface area (Å²) >= 11 is 1.54. The number of carbonyl (C=O) groups excluding carboxylic acids is 1. The molecule has 1 aliphatic heterocycles. The van der Waals surface area contributed by atoms with Gasteiger partial charge < -0.3 is 14.8 Å². The molecule has 0 aliphatic carbocycles. The number of carbonyl (C=O) groups is 1. The molecule has 0 spiro atoms. The lowest BCUT2D eigenvalue weighted by atomic mass is 10.1. The summed E-state index contributed by atoms with van der Waals surface area (Å²) in [7, 11) is 0. The van der Waals surface area contributed by atoms with Gasteiger partial charge in [-0.25, -0.2) is 0 Å². The van der Waals surface area contributed by atoms with Crippen LogP contribution in [-0.4, -0.2) is 40.0 Å². The van der Waals surface area contributed by atoms with Crippen LogP contribution < -0.4 is 5.32 Å². The lowest BCUT2D eigenvalue weighted by molar-refractivity contribution is -0.116. The molecule has 0 saturated carbocycles. The Morgan fingerprint density at radius 2 is 1.91 bits per heavy atom. The van der Waals surface area contributed by atoms with Gasteiger partial charge in [-0.3, -0.25) is 9.78 Å². The highest BCUT2D eigenvalue weighted by molar-refractivity contribution is 7.09. The lowest BCUT2D eigenvalue weighted by Gasteiger charge is -2.13. The highest BCUT2D eigenvalue weighted by Gasteiger charge is 2.14. The van der Waals surface area contributed by atoms with E-state index in [1.807, 2.05) is 6.08 Å². The van der Waals surface area contributed by atoms with Gasteiger partial charge in [0, 0.05) is 41.0 Å². The fourth-order valence-corrected chi connectivity index (χ4v) is 4.96. The van der Waals surface area contributed by atoms with Gasteiger partial charge in [-0.15, -0.1) is 11.3 Å². The number of hydrogen-bond acceptors (Lipinski definition) is 4. The molecule has 2 aromatic heterocycles. The highest BCUT2D eigenvalue weighted by Crippen LogP contribution is 2.26. The van der Waals surface area contributed by atoms with Crippen LogP contribution in [0.5, 0.6) is 0 Å². The van der Waals surface area contributed by atoms with Crippen LogP contribution >= 0.6 is 11.3 Å². The van der Waals surface area contributed by atoms with Crippen LogP contribution in [0, 0.1) is 0 Å². The van der Waals surface area contributed by atoms with E-state index < -0.39 is 0 Å². The third-order valence-electron chi connectivity index (χ3n) is 6.21. The Hall–Kier alpha value is -3.22. The Kier molecular flexibility index (Phi) is 6.65. The molecule has 1 aliphatic rings. The van der Waals surface area contributed by atoms with E-state index in [1.54, 1.807) is 17.8 Å². The van der Waals surface area contributed by atoms with Crippen LogP contribution in [0.3, 0.4) is 0 Å². The summed E-state index contributed by atoms with van der Waals surface area (Å²) < 4.78 is 2.28. The summed E-state index contributed by atoms with van der Waals surface area (Å²) in [6.45, 7) is 4.10. The summed E-state index contributed by atoms with van der Waals surface area (Å²) in [6.07, 6.45) is 11.2. The maximum absolute atomic E-state index is 12.1. The van der Waals surface area contributed by atoms with E-state index in [0.717, 1.165) is 29.1 Å². The molecule has 33 heavy (non-hydrogen) atoms. The van der Waals surface area contributed by atoms with E-state index in [1.165, 1.54) is 53.7 Å². The van der Waals surface area contributed by atoms with Gasteiger partial charge >= 0.3 is 0 Å². The summed E-state index contributed by atoms with van der Waals surface area (Å²) in [4.78, 5) is 19.7. The number of likely N-dealkylation sites (tertiary alicyclic amines) is 1. The first kappa shape index (κ1) is 21.6. The summed E-state index contributed by atoms with van der Waals surface area (Å²) in [5, 5.41) is 4.22. The molecule has 1 N–H and O–H groups in total. The van der Waals surface area contributed by atoms with E-state index in [0.29, 0.717) is 6.54 Å². The van der Waals surface area contributed by atoms with Gasteiger partial charge in [-0.05, 0) is 67.8 Å². The second-order valence-electron chi connectivity index (χ2n) is 8.45. The molecule has 4 aromatic rings. The SMILES string of the molecule is O=C(/C=C/c1ccc(-n2cc(CCN3CCCC3)c3ccccc32)cc1)NCc1cncs1. The molecule has 3 heterocycles. The maximum Gasteiger partial charge on any atom is 0.244 e. The lowest BCUT2D eigenvalue weighted by Crippen LogP contribution is -2.21. The first-order valence-corrected chi connectivity index (χ1v) is 12.4. The fourth-order valence-electron chi connectivity index (χ4n) is 4.43.